The predicted molar refractivity (Wildman–Crippen MR) is 84.5 cm³/mol. The molecule has 0 bridgehead atoms. The van der Waals surface area contributed by atoms with Crippen LogP contribution in [0.5, 0.6) is 0 Å². The average Bonchev–Trinajstić information content (AvgIpc) is 2.82. The normalized spacial score (nSPS) is 11.3. The van der Waals surface area contributed by atoms with E-state index in [1.807, 2.05) is 25.1 Å². The lowest BCUT2D eigenvalue weighted by Gasteiger charge is -2.11. The highest BCUT2D eigenvalue weighted by Crippen LogP contribution is 2.19. The zero-order chi connectivity index (χ0) is 15.0. The van der Waals surface area contributed by atoms with Crippen LogP contribution in [-0.4, -0.2) is 25.6 Å². The standard InChI is InChI=1S/C16H19N5/c1-10(2)17-14-9-12(4)18-16-19-15(20-21(14)16)13-7-5-6-11(3)8-13/h5-10,17H,1-4H3. The Morgan fingerprint density at radius 2 is 1.90 bits per heavy atom. The smallest absolute Gasteiger partial charge is 0.254 e. The van der Waals surface area contributed by atoms with E-state index < -0.39 is 0 Å². The van der Waals surface area contributed by atoms with Gasteiger partial charge in [0.2, 0.25) is 0 Å². The number of anilines is 1. The Bertz CT molecular complexity index is 788. The van der Waals surface area contributed by atoms with Gasteiger partial charge in [0.1, 0.15) is 5.82 Å². The molecule has 0 atom stereocenters. The van der Waals surface area contributed by atoms with Crippen LogP contribution in [0.15, 0.2) is 30.3 Å². The predicted octanol–water partition coefficient (Wildman–Crippen LogP) is 3.23. The fourth-order valence-corrected chi connectivity index (χ4v) is 2.29. The van der Waals surface area contributed by atoms with E-state index >= 15 is 0 Å². The maximum atomic E-state index is 4.60. The van der Waals surface area contributed by atoms with Crippen molar-refractivity contribution in [3.05, 3.63) is 41.6 Å². The number of rotatable bonds is 3. The van der Waals surface area contributed by atoms with E-state index in [0.29, 0.717) is 17.6 Å². The molecule has 3 aromatic rings. The topological polar surface area (TPSA) is 55.1 Å². The van der Waals surface area contributed by atoms with Crippen molar-refractivity contribution in [1.29, 1.82) is 0 Å². The van der Waals surface area contributed by atoms with Gasteiger partial charge in [0.25, 0.3) is 5.78 Å². The van der Waals surface area contributed by atoms with E-state index in [2.05, 4.69) is 53.3 Å². The molecule has 2 heterocycles. The number of aromatic nitrogens is 4. The molecule has 0 aliphatic heterocycles. The van der Waals surface area contributed by atoms with E-state index in [1.165, 1.54) is 5.56 Å². The number of fused-ring (bicyclic) bond motifs is 1. The molecule has 1 N–H and O–H groups in total. The molecular formula is C16H19N5. The Balaban J connectivity index is 2.15. The van der Waals surface area contributed by atoms with Gasteiger partial charge in [-0.2, -0.15) is 9.50 Å². The van der Waals surface area contributed by atoms with Gasteiger partial charge in [0.05, 0.1) is 0 Å². The lowest BCUT2D eigenvalue weighted by molar-refractivity contribution is 0.848. The number of hydrogen-bond acceptors (Lipinski definition) is 4. The van der Waals surface area contributed by atoms with Crippen LogP contribution in [0.25, 0.3) is 17.2 Å². The average molecular weight is 281 g/mol. The van der Waals surface area contributed by atoms with Gasteiger partial charge < -0.3 is 5.32 Å². The molecule has 2 aromatic heterocycles. The summed E-state index contributed by atoms with van der Waals surface area (Å²) in [5.74, 6) is 2.23. The lowest BCUT2D eigenvalue weighted by Crippen LogP contribution is -2.14. The maximum Gasteiger partial charge on any atom is 0.254 e. The highest BCUT2D eigenvalue weighted by molar-refractivity contribution is 5.59. The largest absolute Gasteiger partial charge is 0.368 e. The zero-order valence-electron chi connectivity index (χ0n) is 12.8. The van der Waals surface area contributed by atoms with Gasteiger partial charge >= 0.3 is 0 Å². The molecule has 0 amide bonds. The molecule has 0 saturated carbocycles. The first-order valence-corrected chi connectivity index (χ1v) is 7.11. The summed E-state index contributed by atoms with van der Waals surface area (Å²) in [5.41, 5.74) is 3.12. The molecule has 108 valence electrons. The molecule has 0 radical (unpaired) electrons. The third-order valence-corrected chi connectivity index (χ3v) is 3.15. The van der Waals surface area contributed by atoms with Crippen LogP contribution in [-0.2, 0) is 0 Å². The minimum atomic E-state index is 0.321. The second-order valence-corrected chi connectivity index (χ2v) is 5.60. The molecule has 21 heavy (non-hydrogen) atoms. The first-order valence-electron chi connectivity index (χ1n) is 7.11. The third kappa shape index (κ3) is 2.72. The molecule has 0 aliphatic rings. The van der Waals surface area contributed by atoms with Crippen LogP contribution in [0.1, 0.15) is 25.1 Å². The van der Waals surface area contributed by atoms with Crippen molar-refractivity contribution < 1.29 is 0 Å². The minimum Gasteiger partial charge on any atom is -0.368 e. The summed E-state index contributed by atoms with van der Waals surface area (Å²) in [6, 6.07) is 10.5. The van der Waals surface area contributed by atoms with Gasteiger partial charge in [-0.05, 0) is 33.8 Å². The Labute approximate surface area is 124 Å². The number of nitrogens with zero attached hydrogens (tertiary/aromatic N) is 4. The fourth-order valence-electron chi connectivity index (χ4n) is 2.29. The van der Waals surface area contributed by atoms with Crippen molar-refractivity contribution in [3.63, 3.8) is 0 Å². The first-order chi connectivity index (χ1) is 10.0. The number of nitrogens with one attached hydrogen (secondary N) is 1. The van der Waals surface area contributed by atoms with Gasteiger partial charge in [-0.3, -0.25) is 0 Å². The van der Waals surface area contributed by atoms with Crippen LogP contribution in [0.4, 0.5) is 5.82 Å². The summed E-state index contributed by atoms with van der Waals surface area (Å²) in [5, 5.41) is 7.98. The Kier molecular flexibility index (Phi) is 3.33. The molecule has 0 unspecified atom stereocenters. The third-order valence-electron chi connectivity index (χ3n) is 3.15. The van der Waals surface area contributed by atoms with Gasteiger partial charge in [-0.15, -0.1) is 5.10 Å². The summed E-state index contributed by atoms with van der Waals surface area (Å²) in [6.45, 7) is 8.22. The van der Waals surface area contributed by atoms with Crippen LogP contribution in [0.2, 0.25) is 0 Å². The lowest BCUT2D eigenvalue weighted by atomic mass is 10.1. The Hall–Kier alpha value is -2.43. The van der Waals surface area contributed by atoms with Gasteiger partial charge in [0.15, 0.2) is 5.82 Å². The number of benzene rings is 1. The van der Waals surface area contributed by atoms with E-state index in [1.54, 1.807) is 4.52 Å². The van der Waals surface area contributed by atoms with Crippen molar-refractivity contribution in [2.75, 3.05) is 5.32 Å². The molecule has 1 aromatic carbocycles. The summed E-state index contributed by atoms with van der Waals surface area (Å²) in [4.78, 5) is 9.02. The maximum absolute atomic E-state index is 4.60. The molecule has 5 nitrogen and oxygen atoms in total. The first kappa shape index (κ1) is 13.5. The summed E-state index contributed by atoms with van der Waals surface area (Å²) in [7, 11) is 0. The molecule has 0 spiro atoms. The monoisotopic (exact) mass is 281 g/mol. The van der Waals surface area contributed by atoms with E-state index in [4.69, 9.17) is 0 Å². The Morgan fingerprint density at radius 3 is 2.62 bits per heavy atom. The second kappa shape index (κ2) is 5.16. The summed E-state index contributed by atoms with van der Waals surface area (Å²) < 4.78 is 1.77. The molecule has 5 heteroatoms. The van der Waals surface area contributed by atoms with E-state index in [-0.39, 0.29) is 0 Å². The SMILES string of the molecule is Cc1cccc(-c2nc3nc(C)cc(NC(C)C)n3n2)c1. The van der Waals surface area contributed by atoms with Crippen LogP contribution >= 0.6 is 0 Å². The van der Waals surface area contributed by atoms with Crippen molar-refractivity contribution in [3.8, 4) is 11.4 Å². The van der Waals surface area contributed by atoms with Gasteiger partial charge in [-0.25, -0.2) is 4.98 Å². The highest BCUT2D eigenvalue weighted by atomic mass is 15.4. The molecular weight excluding hydrogens is 262 g/mol. The Morgan fingerprint density at radius 1 is 1.10 bits per heavy atom. The van der Waals surface area contributed by atoms with Crippen LogP contribution in [0.3, 0.4) is 0 Å². The number of hydrogen-bond donors (Lipinski definition) is 1. The van der Waals surface area contributed by atoms with E-state index in [9.17, 15) is 0 Å². The van der Waals surface area contributed by atoms with Crippen molar-refractivity contribution in [2.24, 2.45) is 0 Å². The van der Waals surface area contributed by atoms with Crippen molar-refractivity contribution in [1.82, 2.24) is 19.6 Å². The summed E-state index contributed by atoms with van der Waals surface area (Å²) >= 11 is 0. The van der Waals surface area contributed by atoms with Crippen molar-refractivity contribution in [2.45, 2.75) is 33.7 Å². The van der Waals surface area contributed by atoms with Gasteiger partial charge in [0, 0.05) is 23.4 Å². The number of aryl methyl sites for hydroxylation is 2. The second-order valence-electron chi connectivity index (χ2n) is 5.60. The van der Waals surface area contributed by atoms with Gasteiger partial charge in [-0.1, -0.05) is 23.8 Å². The summed E-state index contributed by atoms with van der Waals surface area (Å²) in [6.07, 6.45) is 0. The molecule has 0 fully saturated rings. The molecule has 0 saturated heterocycles. The van der Waals surface area contributed by atoms with Crippen LogP contribution < -0.4 is 5.32 Å². The molecule has 3 rings (SSSR count). The minimum absolute atomic E-state index is 0.321. The fraction of sp³-hybridized carbons (Fsp3) is 0.312. The zero-order valence-corrected chi connectivity index (χ0v) is 12.8. The van der Waals surface area contributed by atoms with Crippen LogP contribution in [0, 0.1) is 13.8 Å². The highest BCUT2D eigenvalue weighted by Gasteiger charge is 2.12. The van der Waals surface area contributed by atoms with E-state index in [0.717, 1.165) is 17.1 Å². The quantitative estimate of drug-likeness (QED) is 0.801. The van der Waals surface area contributed by atoms with Crippen molar-refractivity contribution >= 4 is 11.6 Å². The molecule has 0 aliphatic carbocycles.